The van der Waals surface area contributed by atoms with Gasteiger partial charge >= 0.3 is 5.97 Å². The molecule has 0 aromatic carbocycles. The second-order valence-electron chi connectivity index (χ2n) is 4.29. The van der Waals surface area contributed by atoms with Crippen LogP contribution in [0.15, 0.2) is 0 Å². The molecule has 2 aliphatic carbocycles. The van der Waals surface area contributed by atoms with E-state index in [-0.39, 0.29) is 5.41 Å². The second kappa shape index (κ2) is 2.22. The van der Waals surface area contributed by atoms with Crippen molar-refractivity contribution in [2.75, 3.05) is 0 Å². The molecule has 0 aromatic rings. The van der Waals surface area contributed by atoms with Gasteiger partial charge in [0, 0.05) is 5.41 Å². The molecule has 0 saturated heterocycles. The van der Waals surface area contributed by atoms with Crippen molar-refractivity contribution in [1.82, 2.24) is 0 Å². The first kappa shape index (κ1) is 8.05. The first-order valence-corrected chi connectivity index (χ1v) is 4.63. The Morgan fingerprint density at radius 3 is 2.25 bits per heavy atom. The number of carboxylic acid groups (broad SMARTS) is 1. The Balaban J connectivity index is 2.12. The monoisotopic (exact) mass is 169 g/mol. The van der Waals surface area contributed by atoms with Gasteiger partial charge < -0.3 is 10.8 Å². The molecule has 1 spiro atoms. The van der Waals surface area contributed by atoms with Gasteiger partial charge in [0.2, 0.25) is 0 Å². The third kappa shape index (κ3) is 0.829. The zero-order chi connectivity index (χ0) is 8.82. The molecule has 0 aromatic heterocycles. The van der Waals surface area contributed by atoms with Crippen LogP contribution in [-0.2, 0) is 4.79 Å². The Kier molecular flexibility index (Phi) is 1.49. The van der Waals surface area contributed by atoms with Gasteiger partial charge in [0.15, 0.2) is 0 Å². The van der Waals surface area contributed by atoms with Crippen molar-refractivity contribution < 1.29 is 9.90 Å². The Bertz CT molecular complexity index is 221. The molecule has 0 heterocycles. The van der Waals surface area contributed by atoms with Crippen LogP contribution >= 0.6 is 0 Å². The maximum Gasteiger partial charge on any atom is 0.324 e. The van der Waals surface area contributed by atoms with E-state index in [2.05, 4.69) is 0 Å². The van der Waals surface area contributed by atoms with Crippen molar-refractivity contribution in [3.05, 3.63) is 0 Å². The highest BCUT2D eigenvalue weighted by molar-refractivity contribution is 5.84. The molecule has 68 valence electrons. The van der Waals surface area contributed by atoms with Crippen LogP contribution in [0.25, 0.3) is 0 Å². The SMILES string of the molecule is N[C@]1(C(=O)O)CC12CCCCC2. The fourth-order valence-corrected chi connectivity index (χ4v) is 2.64. The lowest BCUT2D eigenvalue weighted by atomic mass is 9.83. The van der Waals surface area contributed by atoms with Crippen molar-refractivity contribution in [3.63, 3.8) is 0 Å². The molecule has 3 heteroatoms. The number of hydrogen-bond donors (Lipinski definition) is 2. The molecule has 2 rings (SSSR count). The second-order valence-corrected chi connectivity index (χ2v) is 4.29. The standard InChI is InChI=1S/C9H15NO2/c10-9(7(11)12)6-8(9)4-2-1-3-5-8/h1-6,10H2,(H,11,12)/t9-/m0/s1. The highest BCUT2D eigenvalue weighted by Gasteiger charge is 2.69. The van der Waals surface area contributed by atoms with Crippen LogP contribution in [-0.4, -0.2) is 16.6 Å². The molecule has 3 N–H and O–H groups in total. The lowest BCUT2D eigenvalue weighted by Gasteiger charge is -2.24. The van der Waals surface area contributed by atoms with E-state index < -0.39 is 11.5 Å². The van der Waals surface area contributed by atoms with Crippen molar-refractivity contribution in [2.24, 2.45) is 11.1 Å². The molecule has 3 nitrogen and oxygen atoms in total. The van der Waals surface area contributed by atoms with Crippen LogP contribution in [0.1, 0.15) is 38.5 Å². The fraction of sp³-hybridized carbons (Fsp3) is 0.889. The third-order valence-corrected chi connectivity index (χ3v) is 3.63. The summed E-state index contributed by atoms with van der Waals surface area (Å²) in [5.74, 6) is -0.801. The fourth-order valence-electron chi connectivity index (χ4n) is 2.64. The molecule has 2 saturated carbocycles. The largest absolute Gasteiger partial charge is 0.480 e. The minimum absolute atomic E-state index is 0.0168. The van der Waals surface area contributed by atoms with E-state index in [0.717, 1.165) is 25.7 Å². The number of aliphatic carboxylic acids is 1. The number of rotatable bonds is 1. The topological polar surface area (TPSA) is 63.3 Å². The van der Waals surface area contributed by atoms with Gasteiger partial charge in [0.05, 0.1) is 0 Å². The van der Waals surface area contributed by atoms with Crippen LogP contribution in [0.4, 0.5) is 0 Å². The van der Waals surface area contributed by atoms with Gasteiger partial charge in [0.25, 0.3) is 0 Å². The van der Waals surface area contributed by atoms with Crippen LogP contribution in [0, 0.1) is 5.41 Å². The van der Waals surface area contributed by atoms with E-state index in [9.17, 15) is 4.79 Å². The first-order chi connectivity index (χ1) is 5.61. The lowest BCUT2D eigenvalue weighted by Crippen LogP contribution is -2.40. The Hall–Kier alpha value is -0.570. The maximum absolute atomic E-state index is 10.8. The predicted octanol–water partition coefficient (Wildman–Crippen LogP) is 1.12. The average Bonchev–Trinajstić information content (AvgIpc) is 2.59. The van der Waals surface area contributed by atoms with E-state index in [1.165, 1.54) is 6.42 Å². The van der Waals surface area contributed by atoms with Crippen molar-refractivity contribution >= 4 is 5.97 Å². The molecule has 0 bridgehead atoms. The molecule has 12 heavy (non-hydrogen) atoms. The van der Waals surface area contributed by atoms with E-state index in [4.69, 9.17) is 10.8 Å². The van der Waals surface area contributed by atoms with Gasteiger partial charge in [-0.25, -0.2) is 0 Å². The van der Waals surface area contributed by atoms with Crippen molar-refractivity contribution in [2.45, 2.75) is 44.1 Å². The predicted molar refractivity (Wildman–Crippen MR) is 44.7 cm³/mol. The summed E-state index contributed by atoms with van der Waals surface area (Å²) in [4.78, 5) is 10.8. The molecular weight excluding hydrogens is 154 g/mol. The highest BCUT2D eigenvalue weighted by Crippen LogP contribution is 2.62. The van der Waals surface area contributed by atoms with Gasteiger partial charge in [-0.05, 0) is 19.3 Å². The summed E-state index contributed by atoms with van der Waals surface area (Å²) < 4.78 is 0. The number of hydrogen-bond acceptors (Lipinski definition) is 2. The molecule has 1 atom stereocenters. The van der Waals surface area contributed by atoms with Crippen molar-refractivity contribution in [3.8, 4) is 0 Å². The van der Waals surface area contributed by atoms with E-state index in [1.807, 2.05) is 0 Å². The zero-order valence-electron chi connectivity index (χ0n) is 7.18. The summed E-state index contributed by atoms with van der Waals surface area (Å²) in [6.07, 6.45) is 6.32. The zero-order valence-corrected chi connectivity index (χ0v) is 7.18. The van der Waals surface area contributed by atoms with Gasteiger partial charge in [0.1, 0.15) is 5.54 Å². The minimum atomic E-state index is -0.868. The molecule has 2 fully saturated rings. The van der Waals surface area contributed by atoms with Crippen molar-refractivity contribution in [1.29, 1.82) is 0 Å². The summed E-state index contributed by atoms with van der Waals surface area (Å²) in [6.45, 7) is 0. The highest BCUT2D eigenvalue weighted by atomic mass is 16.4. The van der Waals surface area contributed by atoms with E-state index in [0.29, 0.717) is 6.42 Å². The quantitative estimate of drug-likeness (QED) is 0.618. The third-order valence-electron chi connectivity index (χ3n) is 3.63. The minimum Gasteiger partial charge on any atom is -0.480 e. The molecule has 0 radical (unpaired) electrons. The molecule has 0 aliphatic heterocycles. The Labute approximate surface area is 71.9 Å². The molecule has 0 amide bonds. The Morgan fingerprint density at radius 2 is 1.83 bits per heavy atom. The average molecular weight is 169 g/mol. The summed E-state index contributed by atoms with van der Waals surface area (Å²) in [5.41, 5.74) is 4.92. The maximum atomic E-state index is 10.8. The van der Waals surface area contributed by atoms with E-state index >= 15 is 0 Å². The first-order valence-electron chi connectivity index (χ1n) is 4.63. The van der Waals surface area contributed by atoms with E-state index in [1.54, 1.807) is 0 Å². The normalized spacial score (nSPS) is 38.1. The van der Waals surface area contributed by atoms with Gasteiger partial charge in [-0.3, -0.25) is 4.79 Å². The smallest absolute Gasteiger partial charge is 0.324 e. The summed E-state index contributed by atoms with van der Waals surface area (Å²) >= 11 is 0. The summed E-state index contributed by atoms with van der Waals surface area (Å²) in [6, 6.07) is 0. The molecular formula is C9H15NO2. The number of nitrogens with two attached hydrogens (primary N) is 1. The number of carboxylic acids is 1. The van der Waals surface area contributed by atoms with Gasteiger partial charge in [-0.2, -0.15) is 0 Å². The van der Waals surface area contributed by atoms with Crippen LogP contribution in [0.2, 0.25) is 0 Å². The van der Waals surface area contributed by atoms with Gasteiger partial charge in [-0.15, -0.1) is 0 Å². The van der Waals surface area contributed by atoms with Gasteiger partial charge in [-0.1, -0.05) is 19.3 Å². The van der Waals surface area contributed by atoms with Crippen LogP contribution in [0.3, 0.4) is 0 Å². The Morgan fingerprint density at radius 1 is 1.25 bits per heavy atom. The summed E-state index contributed by atoms with van der Waals surface area (Å²) in [5, 5.41) is 8.90. The molecule has 0 unspecified atom stereocenters. The number of carbonyl (C=O) groups is 1. The van der Waals surface area contributed by atoms with Crippen LogP contribution in [0.5, 0.6) is 0 Å². The summed E-state index contributed by atoms with van der Waals surface area (Å²) in [7, 11) is 0. The van der Waals surface area contributed by atoms with Crippen LogP contribution < -0.4 is 5.73 Å². The molecule has 2 aliphatic rings. The lowest BCUT2D eigenvalue weighted by molar-refractivity contribution is -0.141.